The molecule has 2 amide bonds. The number of nitrogens with two attached hydrogens (primary N) is 1. The quantitative estimate of drug-likeness (QED) is 0.245. The van der Waals surface area contributed by atoms with Crippen molar-refractivity contribution in [1.29, 1.82) is 5.26 Å². The standard InChI is InChI=1S/C29H26F3N5O2/c1-4-6-21(14-26(34)29(30,31)32)28(39)37-22-10-9-17(2)24(15-22)20-8-5-7-19(13-20)23-11-12-35-27(25(23)16-33)36-18(3)38/h5-15H,4,34H2,1-3H3,(H,37,39)(H,35,36,38)/b21-6+,26-14-. The maximum atomic E-state index is 12.9. The average molecular weight is 534 g/mol. The number of pyridine rings is 1. The van der Waals surface area contributed by atoms with Crippen molar-refractivity contribution in [2.45, 2.75) is 33.4 Å². The molecule has 0 aliphatic heterocycles. The van der Waals surface area contributed by atoms with E-state index in [9.17, 15) is 28.0 Å². The first kappa shape index (κ1) is 28.7. The summed E-state index contributed by atoms with van der Waals surface area (Å²) in [6, 6.07) is 16.3. The Morgan fingerprint density at radius 2 is 1.77 bits per heavy atom. The number of carbonyl (C=O) groups excluding carboxylic acids is 2. The van der Waals surface area contributed by atoms with Crippen molar-refractivity contribution < 1.29 is 22.8 Å². The molecule has 0 aliphatic carbocycles. The van der Waals surface area contributed by atoms with Gasteiger partial charge in [0, 0.05) is 29.9 Å². The zero-order chi connectivity index (χ0) is 28.7. The highest BCUT2D eigenvalue weighted by molar-refractivity contribution is 6.06. The number of hydrogen-bond acceptors (Lipinski definition) is 5. The second-order valence-corrected chi connectivity index (χ2v) is 8.60. The Hall–Kier alpha value is -4.91. The second kappa shape index (κ2) is 12.1. The molecule has 0 spiro atoms. The fourth-order valence-electron chi connectivity index (χ4n) is 3.83. The van der Waals surface area contributed by atoms with Crippen LogP contribution >= 0.6 is 0 Å². The van der Waals surface area contributed by atoms with Crippen molar-refractivity contribution in [3.63, 3.8) is 0 Å². The van der Waals surface area contributed by atoms with E-state index in [0.717, 1.165) is 16.7 Å². The fraction of sp³-hybridized carbons (Fsp3) is 0.172. The van der Waals surface area contributed by atoms with Gasteiger partial charge >= 0.3 is 6.18 Å². The monoisotopic (exact) mass is 533 g/mol. The van der Waals surface area contributed by atoms with Gasteiger partial charge in [0.1, 0.15) is 17.3 Å². The Balaban J connectivity index is 1.98. The highest BCUT2D eigenvalue weighted by Crippen LogP contribution is 2.33. The molecule has 1 aromatic heterocycles. The van der Waals surface area contributed by atoms with Gasteiger partial charge in [0.05, 0.1) is 0 Å². The van der Waals surface area contributed by atoms with Gasteiger partial charge in [-0.3, -0.25) is 9.59 Å². The number of nitriles is 1. The predicted octanol–water partition coefficient (Wildman–Crippen LogP) is 6.23. The summed E-state index contributed by atoms with van der Waals surface area (Å²) in [5.74, 6) is -0.925. The molecule has 3 rings (SSSR count). The number of allylic oxidation sites excluding steroid dienone is 2. The first-order valence-corrected chi connectivity index (χ1v) is 11.9. The molecule has 0 radical (unpaired) electrons. The summed E-state index contributed by atoms with van der Waals surface area (Å²) in [5.41, 5.74) is 7.83. The molecule has 200 valence electrons. The molecule has 0 atom stereocenters. The van der Waals surface area contributed by atoms with Crippen LogP contribution in [0.2, 0.25) is 0 Å². The van der Waals surface area contributed by atoms with Crippen LogP contribution in [0, 0.1) is 18.3 Å². The Bertz CT molecular complexity index is 1520. The minimum absolute atomic E-state index is 0.157. The molecule has 7 nitrogen and oxygen atoms in total. The van der Waals surface area contributed by atoms with E-state index < -0.39 is 17.8 Å². The number of nitrogens with one attached hydrogen (secondary N) is 2. The molecule has 0 unspecified atom stereocenters. The molecule has 1 heterocycles. The van der Waals surface area contributed by atoms with Crippen molar-refractivity contribution in [3.8, 4) is 28.3 Å². The summed E-state index contributed by atoms with van der Waals surface area (Å²) in [7, 11) is 0. The smallest absolute Gasteiger partial charge is 0.395 e. The van der Waals surface area contributed by atoms with Crippen LogP contribution in [-0.4, -0.2) is 23.0 Å². The van der Waals surface area contributed by atoms with Crippen LogP contribution in [0.1, 0.15) is 31.4 Å². The normalized spacial score (nSPS) is 12.0. The number of amides is 2. The maximum Gasteiger partial charge on any atom is 0.430 e. The molecule has 39 heavy (non-hydrogen) atoms. The van der Waals surface area contributed by atoms with E-state index in [4.69, 9.17) is 5.73 Å². The average Bonchev–Trinajstić information content (AvgIpc) is 2.88. The Morgan fingerprint density at radius 3 is 2.38 bits per heavy atom. The molecule has 4 N–H and O–H groups in total. The lowest BCUT2D eigenvalue weighted by atomic mass is 9.94. The van der Waals surface area contributed by atoms with E-state index in [0.29, 0.717) is 29.3 Å². The lowest BCUT2D eigenvalue weighted by molar-refractivity contribution is -0.114. The molecular weight excluding hydrogens is 507 g/mol. The van der Waals surface area contributed by atoms with Crippen LogP contribution in [0.25, 0.3) is 22.3 Å². The van der Waals surface area contributed by atoms with Crippen molar-refractivity contribution in [3.05, 3.63) is 89.3 Å². The summed E-state index contributed by atoms with van der Waals surface area (Å²) >= 11 is 0. The Kier molecular flexibility index (Phi) is 8.88. The largest absolute Gasteiger partial charge is 0.430 e. The summed E-state index contributed by atoms with van der Waals surface area (Å²) in [6.07, 6.45) is -0.938. The van der Waals surface area contributed by atoms with Crippen LogP contribution in [0.4, 0.5) is 24.7 Å². The first-order chi connectivity index (χ1) is 18.4. The van der Waals surface area contributed by atoms with Crippen LogP contribution in [-0.2, 0) is 9.59 Å². The minimum Gasteiger partial charge on any atom is -0.395 e. The SMILES string of the molecule is CC/C=C(\C=C(/N)C(F)(F)F)C(=O)Nc1ccc(C)c(-c2cccc(-c3ccnc(NC(C)=O)c3C#N)c2)c1. The van der Waals surface area contributed by atoms with Crippen LogP contribution in [0.3, 0.4) is 0 Å². The number of hydrogen-bond donors (Lipinski definition) is 3. The summed E-state index contributed by atoms with van der Waals surface area (Å²) in [5, 5.41) is 15.0. The number of halogens is 3. The molecule has 10 heteroatoms. The van der Waals surface area contributed by atoms with Crippen LogP contribution < -0.4 is 16.4 Å². The van der Waals surface area contributed by atoms with Crippen molar-refractivity contribution >= 4 is 23.3 Å². The van der Waals surface area contributed by atoms with Gasteiger partial charge in [-0.2, -0.15) is 18.4 Å². The number of aromatic nitrogens is 1. The molecule has 2 aromatic carbocycles. The molecule has 0 bridgehead atoms. The third-order valence-corrected chi connectivity index (χ3v) is 5.66. The van der Waals surface area contributed by atoms with E-state index in [1.807, 2.05) is 31.2 Å². The van der Waals surface area contributed by atoms with Gasteiger partial charge < -0.3 is 16.4 Å². The fourth-order valence-corrected chi connectivity index (χ4v) is 3.83. The maximum absolute atomic E-state index is 12.9. The van der Waals surface area contributed by atoms with E-state index >= 15 is 0 Å². The molecular formula is C29H26F3N5O2. The zero-order valence-electron chi connectivity index (χ0n) is 21.5. The third kappa shape index (κ3) is 7.11. The Morgan fingerprint density at radius 1 is 1.08 bits per heavy atom. The summed E-state index contributed by atoms with van der Waals surface area (Å²) < 4.78 is 38.7. The number of rotatable bonds is 7. The number of carbonyl (C=O) groups is 2. The highest BCUT2D eigenvalue weighted by atomic mass is 19.4. The lowest BCUT2D eigenvalue weighted by Gasteiger charge is -2.14. The van der Waals surface area contributed by atoms with Crippen molar-refractivity contribution in [2.75, 3.05) is 10.6 Å². The lowest BCUT2D eigenvalue weighted by Crippen LogP contribution is -2.21. The minimum atomic E-state index is -4.75. The van der Waals surface area contributed by atoms with Crippen LogP contribution in [0.15, 0.2) is 78.1 Å². The van der Waals surface area contributed by atoms with E-state index in [1.165, 1.54) is 19.2 Å². The third-order valence-electron chi connectivity index (χ3n) is 5.66. The van der Waals surface area contributed by atoms with Gasteiger partial charge in [-0.05, 0) is 65.9 Å². The molecule has 0 fully saturated rings. The van der Waals surface area contributed by atoms with E-state index in [2.05, 4.69) is 21.7 Å². The Labute approximate surface area is 223 Å². The van der Waals surface area contributed by atoms with Gasteiger partial charge in [-0.1, -0.05) is 37.3 Å². The zero-order valence-corrected chi connectivity index (χ0v) is 21.5. The number of anilines is 2. The topological polar surface area (TPSA) is 121 Å². The highest BCUT2D eigenvalue weighted by Gasteiger charge is 2.32. The molecule has 3 aromatic rings. The number of aryl methyl sites for hydroxylation is 1. The number of alkyl halides is 3. The molecule has 0 saturated carbocycles. The van der Waals surface area contributed by atoms with Gasteiger partial charge in [-0.15, -0.1) is 0 Å². The van der Waals surface area contributed by atoms with Crippen LogP contribution in [0.5, 0.6) is 0 Å². The van der Waals surface area contributed by atoms with E-state index in [-0.39, 0.29) is 22.9 Å². The number of nitrogens with zero attached hydrogens (tertiary/aromatic N) is 2. The van der Waals surface area contributed by atoms with E-state index in [1.54, 1.807) is 31.2 Å². The van der Waals surface area contributed by atoms with Crippen molar-refractivity contribution in [1.82, 2.24) is 4.98 Å². The van der Waals surface area contributed by atoms with Crippen molar-refractivity contribution in [2.24, 2.45) is 5.73 Å². The van der Waals surface area contributed by atoms with Gasteiger partial charge in [0.2, 0.25) is 5.91 Å². The second-order valence-electron chi connectivity index (χ2n) is 8.60. The molecule has 0 saturated heterocycles. The number of benzene rings is 2. The summed E-state index contributed by atoms with van der Waals surface area (Å²) in [6.45, 7) is 4.90. The van der Waals surface area contributed by atoms with Gasteiger partial charge in [-0.25, -0.2) is 4.98 Å². The molecule has 0 aliphatic rings. The first-order valence-electron chi connectivity index (χ1n) is 11.9. The van der Waals surface area contributed by atoms with Gasteiger partial charge in [0.25, 0.3) is 5.91 Å². The predicted molar refractivity (Wildman–Crippen MR) is 144 cm³/mol. The summed E-state index contributed by atoms with van der Waals surface area (Å²) in [4.78, 5) is 28.4. The van der Waals surface area contributed by atoms with Gasteiger partial charge in [0.15, 0.2) is 5.82 Å².